The molecule has 3 aliphatic rings. The highest BCUT2D eigenvalue weighted by molar-refractivity contribution is 6.00. The number of rotatable bonds is 2. The number of amides is 2. The van der Waals surface area contributed by atoms with Crippen LogP contribution < -0.4 is 15.5 Å². The maximum absolute atomic E-state index is 12.0. The molecule has 2 amide bonds. The molecule has 0 bridgehead atoms. The first kappa shape index (κ1) is 14.7. The molecule has 3 heterocycles. The fourth-order valence-corrected chi connectivity index (χ4v) is 4.23. The highest BCUT2D eigenvalue weighted by Crippen LogP contribution is 2.38. The van der Waals surface area contributed by atoms with Gasteiger partial charge in [0.15, 0.2) is 0 Å². The molecule has 23 heavy (non-hydrogen) atoms. The number of piperidine rings is 1. The van der Waals surface area contributed by atoms with Gasteiger partial charge >= 0.3 is 0 Å². The van der Waals surface area contributed by atoms with Crippen molar-refractivity contribution in [3.05, 3.63) is 29.8 Å². The minimum atomic E-state index is -0.189. The van der Waals surface area contributed by atoms with E-state index in [1.807, 2.05) is 12.1 Å². The molecule has 3 fully saturated rings. The summed E-state index contributed by atoms with van der Waals surface area (Å²) in [7, 11) is 0. The molecule has 0 saturated carbocycles. The number of imide groups is 1. The molecular weight excluding hydrogens is 290 g/mol. The van der Waals surface area contributed by atoms with Gasteiger partial charge < -0.3 is 10.2 Å². The zero-order valence-electron chi connectivity index (χ0n) is 13.3. The van der Waals surface area contributed by atoms with Crippen molar-refractivity contribution in [3.8, 4) is 0 Å². The Balaban J connectivity index is 1.46. The van der Waals surface area contributed by atoms with Crippen molar-refractivity contribution < 1.29 is 9.59 Å². The third kappa shape index (κ3) is 2.74. The Labute approximate surface area is 136 Å². The fraction of sp³-hybridized carbons (Fsp3) is 0.556. The summed E-state index contributed by atoms with van der Waals surface area (Å²) < 4.78 is 0. The summed E-state index contributed by atoms with van der Waals surface area (Å²) >= 11 is 0. The molecule has 0 aliphatic carbocycles. The second kappa shape index (κ2) is 5.64. The molecule has 3 aliphatic heterocycles. The van der Waals surface area contributed by atoms with Crippen molar-refractivity contribution in [1.29, 1.82) is 0 Å². The van der Waals surface area contributed by atoms with Crippen LogP contribution in [-0.4, -0.2) is 38.0 Å². The second-order valence-corrected chi connectivity index (χ2v) is 7.19. The molecule has 2 atom stereocenters. The Bertz CT molecular complexity index is 620. The average molecular weight is 313 g/mol. The number of hydrogen-bond donors (Lipinski definition) is 2. The van der Waals surface area contributed by atoms with Crippen LogP contribution in [0.15, 0.2) is 24.3 Å². The van der Waals surface area contributed by atoms with Gasteiger partial charge in [0.1, 0.15) is 0 Å². The summed E-state index contributed by atoms with van der Waals surface area (Å²) in [5.41, 5.74) is 2.71. The van der Waals surface area contributed by atoms with Gasteiger partial charge in [-0.1, -0.05) is 12.1 Å². The number of carbonyl (C=O) groups is 2. The topological polar surface area (TPSA) is 61.4 Å². The number of hydrogen-bond acceptors (Lipinski definition) is 4. The highest BCUT2D eigenvalue weighted by atomic mass is 16.2. The van der Waals surface area contributed by atoms with Crippen molar-refractivity contribution in [2.75, 3.05) is 31.1 Å². The fourth-order valence-electron chi connectivity index (χ4n) is 4.23. The van der Waals surface area contributed by atoms with Gasteiger partial charge in [0, 0.05) is 37.2 Å². The Morgan fingerprint density at radius 2 is 1.96 bits per heavy atom. The zero-order valence-corrected chi connectivity index (χ0v) is 13.3. The molecule has 3 saturated heterocycles. The summed E-state index contributed by atoms with van der Waals surface area (Å²) in [4.78, 5) is 25.7. The standard InChI is InChI=1S/C18H23N3O2/c22-16-6-5-15(17(23)20-16)13-1-3-14(4-2-13)21-10-8-18(12-21)7-9-19-11-18/h1-4,15,19H,5-12H2,(H,20,22,23). The molecule has 5 nitrogen and oxygen atoms in total. The van der Waals surface area contributed by atoms with Crippen LogP contribution in [0, 0.1) is 5.41 Å². The molecule has 5 heteroatoms. The van der Waals surface area contributed by atoms with Crippen LogP contribution in [0.2, 0.25) is 0 Å². The van der Waals surface area contributed by atoms with Crippen molar-refractivity contribution in [2.24, 2.45) is 5.41 Å². The molecule has 1 spiro atoms. The van der Waals surface area contributed by atoms with E-state index in [0.717, 1.165) is 31.7 Å². The van der Waals surface area contributed by atoms with E-state index in [-0.39, 0.29) is 17.7 Å². The highest BCUT2D eigenvalue weighted by Gasteiger charge is 2.40. The molecule has 122 valence electrons. The minimum absolute atomic E-state index is 0.157. The van der Waals surface area contributed by atoms with Crippen LogP contribution in [0.25, 0.3) is 0 Å². The SMILES string of the molecule is O=C1CCC(c2ccc(N3CCC4(CCNC4)C3)cc2)C(=O)N1. The third-order valence-electron chi connectivity index (χ3n) is 5.67. The first-order chi connectivity index (χ1) is 11.2. The normalized spacial score (nSPS) is 31.0. The number of anilines is 1. The van der Waals surface area contributed by atoms with E-state index in [4.69, 9.17) is 0 Å². The van der Waals surface area contributed by atoms with Crippen molar-refractivity contribution >= 4 is 17.5 Å². The lowest BCUT2D eigenvalue weighted by Gasteiger charge is -2.25. The predicted octanol–water partition coefficient (Wildman–Crippen LogP) is 1.40. The number of carbonyl (C=O) groups excluding carboxylic acids is 2. The lowest BCUT2D eigenvalue weighted by Crippen LogP contribution is -2.39. The lowest BCUT2D eigenvalue weighted by molar-refractivity contribution is -0.134. The average Bonchev–Trinajstić information content (AvgIpc) is 3.18. The molecule has 1 aromatic carbocycles. The summed E-state index contributed by atoms with van der Waals surface area (Å²) in [5.74, 6) is -0.507. The second-order valence-electron chi connectivity index (χ2n) is 7.19. The van der Waals surface area contributed by atoms with Crippen molar-refractivity contribution in [1.82, 2.24) is 10.6 Å². The van der Waals surface area contributed by atoms with Gasteiger partial charge in [0.25, 0.3) is 0 Å². The maximum Gasteiger partial charge on any atom is 0.234 e. The van der Waals surface area contributed by atoms with Crippen LogP contribution in [-0.2, 0) is 9.59 Å². The largest absolute Gasteiger partial charge is 0.371 e. The lowest BCUT2D eigenvalue weighted by atomic mass is 9.86. The molecular formula is C18H23N3O2. The van der Waals surface area contributed by atoms with Crippen molar-refractivity contribution in [3.63, 3.8) is 0 Å². The molecule has 1 aromatic rings. The van der Waals surface area contributed by atoms with E-state index in [9.17, 15) is 9.59 Å². The number of nitrogens with zero attached hydrogens (tertiary/aromatic N) is 1. The van der Waals surface area contributed by atoms with E-state index < -0.39 is 0 Å². The van der Waals surface area contributed by atoms with Crippen LogP contribution in [0.1, 0.15) is 37.2 Å². The van der Waals surface area contributed by atoms with Gasteiger partial charge in [-0.25, -0.2) is 0 Å². The van der Waals surface area contributed by atoms with Gasteiger partial charge in [0.05, 0.1) is 5.92 Å². The zero-order chi connectivity index (χ0) is 15.9. The van der Waals surface area contributed by atoms with Gasteiger partial charge in [-0.3, -0.25) is 14.9 Å². The van der Waals surface area contributed by atoms with Gasteiger partial charge in [-0.15, -0.1) is 0 Å². The van der Waals surface area contributed by atoms with Gasteiger partial charge in [-0.05, 0) is 43.5 Å². The molecule has 2 N–H and O–H groups in total. The first-order valence-corrected chi connectivity index (χ1v) is 8.55. The summed E-state index contributed by atoms with van der Waals surface area (Å²) in [6, 6.07) is 8.35. The van der Waals surface area contributed by atoms with E-state index in [1.165, 1.54) is 18.5 Å². The molecule has 2 unspecified atom stereocenters. The van der Waals surface area contributed by atoms with E-state index >= 15 is 0 Å². The molecule has 0 radical (unpaired) electrons. The first-order valence-electron chi connectivity index (χ1n) is 8.55. The smallest absolute Gasteiger partial charge is 0.234 e. The predicted molar refractivity (Wildman–Crippen MR) is 88.3 cm³/mol. The monoisotopic (exact) mass is 313 g/mol. The third-order valence-corrected chi connectivity index (χ3v) is 5.67. The summed E-state index contributed by atoms with van der Waals surface area (Å²) in [6.45, 7) is 4.51. The number of nitrogens with one attached hydrogen (secondary N) is 2. The van der Waals surface area contributed by atoms with Gasteiger partial charge in [-0.2, -0.15) is 0 Å². The van der Waals surface area contributed by atoms with Gasteiger partial charge in [0.2, 0.25) is 11.8 Å². The summed E-state index contributed by atoms with van der Waals surface area (Å²) in [6.07, 6.45) is 3.58. The maximum atomic E-state index is 12.0. The Hall–Kier alpha value is -1.88. The number of benzene rings is 1. The Morgan fingerprint density at radius 3 is 2.65 bits per heavy atom. The summed E-state index contributed by atoms with van der Waals surface area (Å²) in [5, 5.41) is 5.92. The van der Waals surface area contributed by atoms with Crippen LogP contribution >= 0.6 is 0 Å². The van der Waals surface area contributed by atoms with E-state index in [1.54, 1.807) is 0 Å². The quantitative estimate of drug-likeness (QED) is 0.810. The van der Waals surface area contributed by atoms with Crippen LogP contribution in [0.5, 0.6) is 0 Å². The van der Waals surface area contributed by atoms with E-state index in [2.05, 4.69) is 27.7 Å². The molecule has 0 aromatic heterocycles. The minimum Gasteiger partial charge on any atom is -0.371 e. The Morgan fingerprint density at radius 1 is 1.13 bits per heavy atom. The van der Waals surface area contributed by atoms with Crippen LogP contribution in [0.3, 0.4) is 0 Å². The van der Waals surface area contributed by atoms with E-state index in [0.29, 0.717) is 18.3 Å². The van der Waals surface area contributed by atoms with Crippen molar-refractivity contribution in [2.45, 2.75) is 31.6 Å². The Kier molecular flexibility index (Phi) is 3.60. The molecule has 4 rings (SSSR count). The van der Waals surface area contributed by atoms with Crippen LogP contribution in [0.4, 0.5) is 5.69 Å².